The highest BCUT2D eigenvalue weighted by Gasteiger charge is 2.41. The number of aliphatic hydroxyl groups is 2. The minimum Gasteiger partial charge on any atom is -0.481 e. The third-order valence-electron chi connectivity index (χ3n) is 6.68. The lowest BCUT2D eigenvalue weighted by molar-refractivity contribution is -0.148. The van der Waals surface area contributed by atoms with Crippen LogP contribution in [0.1, 0.15) is 38.5 Å². The molecule has 2 saturated carbocycles. The summed E-state index contributed by atoms with van der Waals surface area (Å²) >= 11 is 0. The van der Waals surface area contributed by atoms with Gasteiger partial charge in [-0.3, -0.25) is 14.4 Å². The Bertz CT molecular complexity index is 841. The molecule has 0 aromatic heterocycles. The summed E-state index contributed by atoms with van der Waals surface area (Å²) in [6.07, 6.45) is 3.58. The van der Waals surface area contributed by atoms with Crippen LogP contribution in [0.3, 0.4) is 0 Å². The Morgan fingerprint density at radius 3 is 1.68 bits per heavy atom. The maximum absolute atomic E-state index is 11.9. The largest absolute Gasteiger partial charge is 0.481 e. The smallest absolute Gasteiger partial charge is 0.339 e. The summed E-state index contributed by atoms with van der Waals surface area (Å²) in [6, 6.07) is 0. The van der Waals surface area contributed by atoms with E-state index >= 15 is 0 Å². The van der Waals surface area contributed by atoms with Crippen molar-refractivity contribution in [3.05, 3.63) is 34.9 Å². The van der Waals surface area contributed by atoms with E-state index in [1.807, 2.05) is 0 Å². The van der Waals surface area contributed by atoms with Gasteiger partial charge in [-0.05, 0) is 68.1 Å². The lowest BCUT2D eigenvalue weighted by Gasteiger charge is -2.39. The first kappa shape index (κ1) is 22.9. The lowest BCUT2D eigenvalue weighted by Crippen LogP contribution is -2.39. The van der Waals surface area contributed by atoms with E-state index in [-0.39, 0.29) is 37.5 Å². The number of ketones is 1. The fourth-order valence-corrected chi connectivity index (χ4v) is 5.09. The van der Waals surface area contributed by atoms with Crippen LogP contribution in [0.2, 0.25) is 0 Å². The van der Waals surface area contributed by atoms with Crippen LogP contribution in [-0.4, -0.2) is 61.4 Å². The number of carboxylic acids is 3. The Balaban J connectivity index is 2.06. The zero-order chi connectivity index (χ0) is 22.9. The first-order valence-electron chi connectivity index (χ1n) is 10.3. The van der Waals surface area contributed by atoms with Crippen LogP contribution in [-0.2, 0) is 19.2 Å². The van der Waals surface area contributed by atoms with Crippen LogP contribution in [0.25, 0.3) is 0 Å². The van der Waals surface area contributed by atoms with Crippen molar-refractivity contribution in [1.82, 2.24) is 0 Å². The molecule has 0 radical (unpaired) electrons. The molecule has 5 N–H and O–H groups in total. The highest BCUT2D eigenvalue weighted by Crippen LogP contribution is 2.45. The van der Waals surface area contributed by atoms with Gasteiger partial charge in [-0.2, -0.15) is 0 Å². The normalized spacial score (nSPS) is 33.5. The second-order valence-corrected chi connectivity index (χ2v) is 8.52. The number of aliphatic hydroxyl groups excluding tert-OH is 2. The molecule has 0 heterocycles. The monoisotopic (exact) mass is 434 g/mol. The van der Waals surface area contributed by atoms with Gasteiger partial charge in [-0.15, -0.1) is 0 Å². The average Bonchev–Trinajstić information content (AvgIpc) is 2.71. The first-order chi connectivity index (χ1) is 14.6. The topological polar surface area (TPSA) is 169 Å². The number of carbonyl (C=O) groups is 4. The number of aliphatic carboxylic acids is 3. The molecule has 9 nitrogen and oxygen atoms in total. The summed E-state index contributed by atoms with van der Waals surface area (Å²) < 4.78 is 0. The summed E-state index contributed by atoms with van der Waals surface area (Å²) in [5, 5.41) is 48.6. The number of hydrogen-bond donors (Lipinski definition) is 5. The Morgan fingerprint density at radius 2 is 1.26 bits per heavy atom. The van der Waals surface area contributed by atoms with Crippen molar-refractivity contribution >= 4 is 23.7 Å². The second kappa shape index (κ2) is 9.15. The molecule has 9 heteroatoms. The zero-order valence-corrected chi connectivity index (χ0v) is 16.8. The summed E-state index contributed by atoms with van der Waals surface area (Å²) in [5.41, 5.74) is 0.762. The van der Waals surface area contributed by atoms with Crippen molar-refractivity contribution in [3.8, 4) is 0 Å². The Labute approximate surface area is 178 Å². The van der Waals surface area contributed by atoms with Gasteiger partial charge in [0.2, 0.25) is 0 Å². The van der Waals surface area contributed by atoms with E-state index in [9.17, 15) is 44.7 Å². The summed E-state index contributed by atoms with van der Waals surface area (Å²) in [7, 11) is 0. The molecule has 0 aromatic rings. The van der Waals surface area contributed by atoms with Crippen molar-refractivity contribution in [3.63, 3.8) is 0 Å². The van der Waals surface area contributed by atoms with Crippen LogP contribution in [0.15, 0.2) is 34.9 Å². The average molecular weight is 434 g/mol. The number of carbonyl (C=O) groups excluding carboxylic acids is 1. The standard InChI is InChI=1S/C22H26O9/c23-16-4-1-10(7-13(16)20(26)27)19(11-2-5-17(24)14(8-11)21(28)29)12-3-6-18(25)15(9-12)22(30)31/h1,4,7,11-12,14-15,17-18,24-25H,2-3,5-6,8-9H2,(H,26,27)(H,28,29)(H,30,31). The second-order valence-electron chi connectivity index (χ2n) is 8.52. The highest BCUT2D eigenvalue weighted by atomic mass is 16.4. The van der Waals surface area contributed by atoms with E-state index in [0.717, 1.165) is 6.08 Å². The Kier molecular flexibility index (Phi) is 6.76. The van der Waals surface area contributed by atoms with Crippen LogP contribution in [0, 0.1) is 23.7 Å². The van der Waals surface area contributed by atoms with Crippen molar-refractivity contribution < 1.29 is 44.7 Å². The third-order valence-corrected chi connectivity index (χ3v) is 6.68. The van der Waals surface area contributed by atoms with Gasteiger partial charge in [0, 0.05) is 0 Å². The molecular formula is C22H26O9. The molecule has 6 unspecified atom stereocenters. The number of carboxylic acid groups (broad SMARTS) is 3. The third kappa shape index (κ3) is 4.77. The van der Waals surface area contributed by atoms with Crippen molar-refractivity contribution in [2.24, 2.45) is 23.7 Å². The maximum atomic E-state index is 11.9. The number of rotatable bonds is 5. The van der Waals surface area contributed by atoms with E-state index < -0.39 is 53.3 Å². The molecular weight excluding hydrogens is 408 g/mol. The SMILES string of the molecule is O=C(O)C1=CC(=C(C2CCC(O)C(C(=O)O)C2)C2CCC(O)C(C(=O)O)C2)C=CC1=O. The van der Waals surface area contributed by atoms with Crippen LogP contribution in [0.4, 0.5) is 0 Å². The molecule has 0 spiro atoms. The van der Waals surface area contributed by atoms with Crippen LogP contribution >= 0.6 is 0 Å². The van der Waals surface area contributed by atoms with E-state index in [0.29, 0.717) is 24.0 Å². The van der Waals surface area contributed by atoms with E-state index in [2.05, 4.69) is 0 Å². The first-order valence-corrected chi connectivity index (χ1v) is 10.3. The lowest BCUT2D eigenvalue weighted by atomic mass is 9.66. The minimum absolute atomic E-state index is 0.129. The van der Waals surface area contributed by atoms with Crippen molar-refractivity contribution in [1.29, 1.82) is 0 Å². The fourth-order valence-electron chi connectivity index (χ4n) is 5.09. The van der Waals surface area contributed by atoms with Gasteiger partial charge in [0.15, 0.2) is 5.78 Å². The van der Waals surface area contributed by atoms with Gasteiger partial charge < -0.3 is 25.5 Å². The number of allylic oxidation sites excluding steroid dienone is 5. The molecule has 3 aliphatic carbocycles. The molecule has 6 atom stereocenters. The van der Waals surface area contributed by atoms with Crippen LogP contribution < -0.4 is 0 Å². The van der Waals surface area contributed by atoms with Crippen LogP contribution in [0.5, 0.6) is 0 Å². The van der Waals surface area contributed by atoms with Gasteiger partial charge in [0.1, 0.15) is 5.57 Å². The van der Waals surface area contributed by atoms with Crippen molar-refractivity contribution in [2.75, 3.05) is 0 Å². The Morgan fingerprint density at radius 1 is 0.774 bits per heavy atom. The Hall–Kier alpha value is -2.78. The van der Waals surface area contributed by atoms with Gasteiger partial charge in [0.05, 0.1) is 24.0 Å². The van der Waals surface area contributed by atoms with Gasteiger partial charge in [-0.1, -0.05) is 11.6 Å². The molecule has 0 aliphatic heterocycles. The molecule has 168 valence electrons. The zero-order valence-electron chi connectivity index (χ0n) is 16.8. The molecule has 3 aliphatic rings. The summed E-state index contributed by atoms with van der Waals surface area (Å²) in [5.74, 6) is -6.90. The molecule has 0 saturated heterocycles. The van der Waals surface area contributed by atoms with E-state index in [1.54, 1.807) is 0 Å². The fraction of sp³-hybridized carbons (Fsp3) is 0.545. The molecule has 0 amide bonds. The predicted octanol–water partition coefficient (Wildman–Crippen LogP) is 1.16. The molecule has 2 fully saturated rings. The van der Waals surface area contributed by atoms with Gasteiger partial charge >= 0.3 is 17.9 Å². The summed E-state index contributed by atoms with van der Waals surface area (Å²) in [6.45, 7) is 0. The maximum Gasteiger partial charge on any atom is 0.339 e. The quantitative estimate of drug-likeness (QED) is 0.398. The summed E-state index contributed by atoms with van der Waals surface area (Å²) in [4.78, 5) is 46.7. The molecule has 0 bridgehead atoms. The molecule has 0 aromatic carbocycles. The van der Waals surface area contributed by atoms with E-state index in [4.69, 9.17) is 0 Å². The van der Waals surface area contributed by atoms with E-state index in [1.165, 1.54) is 12.2 Å². The highest BCUT2D eigenvalue weighted by molar-refractivity contribution is 6.22. The molecule has 31 heavy (non-hydrogen) atoms. The van der Waals surface area contributed by atoms with Gasteiger partial charge in [0.25, 0.3) is 0 Å². The minimum atomic E-state index is -1.38. The predicted molar refractivity (Wildman–Crippen MR) is 106 cm³/mol. The van der Waals surface area contributed by atoms with Gasteiger partial charge in [-0.25, -0.2) is 4.79 Å². The van der Waals surface area contributed by atoms with Crippen molar-refractivity contribution in [2.45, 2.75) is 50.7 Å². The molecule has 3 rings (SSSR count). The number of hydrogen-bond acceptors (Lipinski definition) is 6.